The van der Waals surface area contributed by atoms with Crippen LogP contribution in [0.15, 0.2) is 12.2 Å². The van der Waals surface area contributed by atoms with Gasteiger partial charge in [-0.1, -0.05) is 12.2 Å². The van der Waals surface area contributed by atoms with E-state index in [-0.39, 0.29) is 5.92 Å². The van der Waals surface area contributed by atoms with Crippen molar-refractivity contribution in [1.29, 1.82) is 0 Å². The summed E-state index contributed by atoms with van der Waals surface area (Å²) in [6.07, 6.45) is 7.82. The monoisotopic (exact) mass is 165 g/mol. The van der Waals surface area contributed by atoms with E-state index in [1.807, 2.05) is 11.9 Å². The number of nitrogens with zero attached hydrogens (tertiary/aromatic N) is 1. The number of carbonyl (C=O) groups is 1. The summed E-state index contributed by atoms with van der Waals surface area (Å²) in [5.41, 5.74) is 0. The Hall–Kier alpha value is -0.790. The highest BCUT2D eigenvalue weighted by Gasteiger charge is 2.33. The smallest absolute Gasteiger partial charge is 0.229 e. The maximum atomic E-state index is 11.6. The van der Waals surface area contributed by atoms with E-state index in [0.717, 1.165) is 13.0 Å². The third-order valence-corrected chi connectivity index (χ3v) is 3.05. The summed E-state index contributed by atoms with van der Waals surface area (Å²) in [7, 11) is 1.90. The summed E-state index contributed by atoms with van der Waals surface area (Å²) in [5, 5.41) is 0. The minimum absolute atomic E-state index is 0.206. The molecule has 1 amide bonds. The van der Waals surface area contributed by atoms with Gasteiger partial charge in [-0.2, -0.15) is 0 Å². The molecule has 0 spiro atoms. The molecule has 2 aliphatic rings. The number of hydrogen-bond donors (Lipinski definition) is 0. The number of amides is 1. The Balaban J connectivity index is 2.17. The minimum atomic E-state index is 0.206. The fraction of sp³-hybridized carbons (Fsp3) is 0.700. The van der Waals surface area contributed by atoms with Gasteiger partial charge in [0.2, 0.25) is 5.91 Å². The number of allylic oxidation sites excluding steroid dienone is 1. The van der Waals surface area contributed by atoms with E-state index >= 15 is 0 Å². The summed E-state index contributed by atoms with van der Waals surface area (Å²) >= 11 is 0. The molecule has 0 radical (unpaired) electrons. The van der Waals surface area contributed by atoms with E-state index in [4.69, 9.17) is 0 Å². The van der Waals surface area contributed by atoms with Crippen LogP contribution < -0.4 is 0 Å². The molecule has 0 N–H and O–H groups in total. The van der Waals surface area contributed by atoms with Crippen LogP contribution in [0.5, 0.6) is 0 Å². The number of fused-ring (bicyclic) bond motifs is 1. The molecule has 0 bridgehead atoms. The first-order valence-corrected chi connectivity index (χ1v) is 4.70. The van der Waals surface area contributed by atoms with Crippen LogP contribution in [0.4, 0.5) is 0 Å². The van der Waals surface area contributed by atoms with E-state index in [0.29, 0.717) is 11.8 Å². The average Bonchev–Trinajstić information content (AvgIpc) is 2.12. The fourth-order valence-corrected chi connectivity index (χ4v) is 2.22. The summed E-state index contributed by atoms with van der Waals surface area (Å²) in [4.78, 5) is 13.5. The highest BCUT2D eigenvalue weighted by atomic mass is 16.2. The van der Waals surface area contributed by atoms with Gasteiger partial charge in [-0.15, -0.1) is 0 Å². The molecule has 0 unspecified atom stereocenters. The first-order valence-electron chi connectivity index (χ1n) is 4.70. The van der Waals surface area contributed by atoms with Gasteiger partial charge < -0.3 is 4.90 Å². The topological polar surface area (TPSA) is 20.3 Å². The largest absolute Gasteiger partial charge is 0.345 e. The lowest BCUT2D eigenvalue weighted by Crippen LogP contribution is -2.43. The number of piperidine rings is 1. The molecule has 0 saturated carbocycles. The van der Waals surface area contributed by atoms with E-state index in [2.05, 4.69) is 12.2 Å². The lowest BCUT2D eigenvalue weighted by atomic mass is 9.78. The average molecular weight is 165 g/mol. The molecule has 1 aliphatic carbocycles. The Kier molecular flexibility index (Phi) is 1.91. The highest BCUT2D eigenvalue weighted by Crippen LogP contribution is 2.32. The summed E-state index contributed by atoms with van der Waals surface area (Å²) in [6.45, 7) is 0.952. The second-order valence-electron chi connectivity index (χ2n) is 3.84. The fourth-order valence-electron chi connectivity index (χ4n) is 2.22. The van der Waals surface area contributed by atoms with Crippen LogP contribution in [0.2, 0.25) is 0 Å². The molecule has 1 fully saturated rings. The van der Waals surface area contributed by atoms with Crippen molar-refractivity contribution in [2.24, 2.45) is 11.8 Å². The van der Waals surface area contributed by atoms with Crippen LogP contribution in [0.1, 0.15) is 19.3 Å². The van der Waals surface area contributed by atoms with E-state index in [1.165, 1.54) is 12.8 Å². The maximum absolute atomic E-state index is 11.6. The molecule has 1 saturated heterocycles. The molecule has 2 heteroatoms. The Bertz CT molecular complexity index is 222. The van der Waals surface area contributed by atoms with Gasteiger partial charge in [0.1, 0.15) is 0 Å². The lowest BCUT2D eigenvalue weighted by molar-refractivity contribution is -0.137. The Morgan fingerprint density at radius 3 is 3.17 bits per heavy atom. The minimum Gasteiger partial charge on any atom is -0.345 e. The third kappa shape index (κ3) is 1.15. The van der Waals surface area contributed by atoms with Gasteiger partial charge in [0.05, 0.1) is 5.92 Å². The SMILES string of the molecule is CN1CC[C@@H]2CCC=C[C@H]2C1=O. The molecule has 2 atom stereocenters. The summed E-state index contributed by atoms with van der Waals surface area (Å²) in [5.74, 6) is 1.17. The molecule has 0 aromatic heterocycles. The quantitative estimate of drug-likeness (QED) is 0.497. The molecule has 1 aliphatic heterocycles. The van der Waals surface area contributed by atoms with Gasteiger partial charge in [0, 0.05) is 13.6 Å². The van der Waals surface area contributed by atoms with Crippen molar-refractivity contribution in [3.05, 3.63) is 12.2 Å². The highest BCUT2D eigenvalue weighted by molar-refractivity contribution is 5.81. The van der Waals surface area contributed by atoms with Gasteiger partial charge in [-0.25, -0.2) is 0 Å². The molecule has 2 nitrogen and oxygen atoms in total. The van der Waals surface area contributed by atoms with Crippen molar-refractivity contribution in [3.63, 3.8) is 0 Å². The van der Waals surface area contributed by atoms with Crippen molar-refractivity contribution in [2.75, 3.05) is 13.6 Å². The molecular formula is C10H15NO. The number of hydrogen-bond acceptors (Lipinski definition) is 1. The second-order valence-corrected chi connectivity index (χ2v) is 3.84. The Morgan fingerprint density at radius 2 is 2.33 bits per heavy atom. The van der Waals surface area contributed by atoms with E-state index in [9.17, 15) is 4.79 Å². The second kappa shape index (κ2) is 2.92. The molecule has 12 heavy (non-hydrogen) atoms. The third-order valence-electron chi connectivity index (χ3n) is 3.05. The maximum Gasteiger partial charge on any atom is 0.229 e. The zero-order valence-corrected chi connectivity index (χ0v) is 7.49. The van der Waals surface area contributed by atoms with Crippen LogP contribution in [-0.2, 0) is 4.79 Å². The normalized spacial score (nSPS) is 35.1. The van der Waals surface area contributed by atoms with Crippen LogP contribution in [0.25, 0.3) is 0 Å². The van der Waals surface area contributed by atoms with Crippen molar-refractivity contribution >= 4 is 5.91 Å². The lowest BCUT2D eigenvalue weighted by Gasteiger charge is -2.36. The van der Waals surface area contributed by atoms with Gasteiger partial charge >= 0.3 is 0 Å². The van der Waals surface area contributed by atoms with Gasteiger partial charge in [-0.3, -0.25) is 4.79 Å². The van der Waals surface area contributed by atoms with Crippen molar-refractivity contribution in [3.8, 4) is 0 Å². The number of carbonyl (C=O) groups excluding carboxylic acids is 1. The predicted molar refractivity (Wildman–Crippen MR) is 47.6 cm³/mol. The zero-order chi connectivity index (χ0) is 8.55. The van der Waals surface area contributed by atoms with E-state index < -0.39 is 0 Å². The van der Waals surface area contributed by atoms with Crippen LogP contribution >= 0.6 is 0 Å². The molecule has 66 valence electrons. The van der Waals surface area contributed by atoms with Crippen LogP contribution in [0, 0.1) is 11.8 Å². The molecular weight excluding hydrogens is 150 g/mol. The van der Waals surface area contributed by atoms with Crippen molar-refractivity contribution < 1.29 is 4.79 Å². The van der Waals surface area contributed by atoms with Crippen LogP contribution in [-0.4, -0.2) is 24.4 Å². The number of rotatable bonds is 0. The molecule has 2 rings (SSSR count). The molecule has 0 aromatic carbocycles. The first-order chi connectivity index (χ1) is 5.79. The predicted octanol–water partition coefficient (Wildman–Crippen LogP) is 1.43. The van der Waals surface area contributed by atoms with Gasteiger partial charge in [0.25, 0.3) is 0 Å². The van der Waals surface area contributed by atoms with Gasteiger partial charge in [-0.05, 0) is 25.2 Å². The molecule has 1 heterocycles. The summed E-state index contributed by atoms with van der Waals surface area (Å²) in [6, 6.07) is 0. The standard InChI is InChI=1S/C10H15NO/c1-11-7-6-8-4-2-3-5-9(8)10(11)12/h3,5,8-9H,2,4,6-7H2,1H3/t8-,9+/m0/s1. The molecule has 0 aromatic rings. The van der Waals surface area contributed by atoms with Gasteiger partial charge in [0.15, 0.2) is 0 Å². The van der Waals surface area contributed by atoms with Crippen molar-refractivity contribution in [2.45, 2.75) is 19.3 Å². The summed E-state index contributed by atoms with van der Waals surface area (Å²) < 4.78 is 0. The van der Waals surface area contributed by atoms with Crippen molar-refractivity contribution in [1.82, 2.24) is 4.90 Å². The first kappa shape index (κ1) is 7.84. The number of likely N-dealkylation sites (tertiary alicyclic amines) is 1. The zero-order valence-electron chi connectivity index (χ0n) is 7.49. The van der Waals surface area contributed by atoms with E-state index in [1.54, 1.807) is 0 Å². The van der Waals surface area contributed by atoms with Crippen LogP contribution in [0.3, 0.4) is 0 Å². The Morgan fingerprint density at radius 1 is 1.50 bits per heavy atom. The Labute approximate surface area is 73.2 Å².